The van der Waals surface area contributed by atoms with Gasteiger partial charge < -0.3 is 34.9 Å². The minimum atomic E-state index is -0.873. The Balaban J connectivity index is 2.41. The van der Waals surface area contributed by atoms with E-state index in [1.54, 1.807) is 20.8 Å². The van der Waals surface area contributed by atoms with Gasteiger partial charge in [-0.25, -0.2) is 14.4 Å². The van der Waals surface area contributed by atoms with Crippen molar-refractivity contribution >= 4 is 24.2 Å². The fourth-order valence-electron chi connectivity index (χ4n) is 3.78. The van der Waals surface area contributed by atoms with Crippen LogP contribution in [-0.4, -0.2) is 57.6 Å². The smallest absolute Gasteiger partial charge is 0.408 e. The molecule has 0 aliphatic heterocycles. The zero-order chi connectivity index (χ0) is 30.0. The Morgan fingerprint density at radius 2 is 1.05 bits per heavy atom. The second-order valence-corrected chi connectivity index (χ2v) is 10.3. The lowest BCUT2D eigenvalue weighted by molar-refractivity contribution is -0.140. The standard InChI is InChI=1S/C29H47N3O8/c1-7-38-25(34)30-19-12-9-13-21-32-27(36)40-29(4,5)23-17-15-22(16-18-23)28(2,3)39-26(35)31-20-11-8-10-14-24(33)37-6/h15-18H,7-14,19-21H2,1-6H3,(H,30,34)(H,31,35)(H,32,36). The summed E-state index contributed by atoms with van der Waals surface area (Å²) in [6, 6.07) is 7.40. The van der Waals surface area contributed by atoms with Crippen LogP contribution in [0.3, 0.4) is 0 Å². The normalized spacial score (nSPS) is 11.2. The van der Waals surface area contributed by atoms with Crippen molar-refractivity contribution < 1.29 is 38.1 Å². The van der Waals surface area contributed by atoms with Gasteiger partial charge in [-0.2, -0.15) is 0 Å². The molecule has 11 heteroatoms. The maximum absolute atomic E-state index is 12.3. The first-order chi connectivity index (χ1) is 18.9. The molecule has 0 atom stereocenters. The Labute approximate surface area is 238 Å². The number of hydrogen-bond acceptors (Lipinski definition) is 8. The van der Waals surface area contributed by atoms with E-state index in [4.69, 9.17) is 14.2 Å². The van der Waals surface area contributed by atoms with Crippen molar-refractivity contribution in [3.8, 4) is 0 Å². The van der Waals surface area contributed by atoms with Crippen molar-refractivity contribution in [3.05, 3.63) is 35.4 Å². The Bertz CT molecular complexity index is 932. The summed E-state index contributed by atoms with van der Waals surface area (Å²) < 4.78 is 20.7. The van der Waals surface area contributed by atoms with E-state index in [0.717, 1.165) is 43.2 Å². The van der Waals surface area contributed by atoms with Gasteiger partial charge in [-0.05, 0) is 77.8 Å². The van der Waals surface area contributed by atoms with Gasteiger partial charge in [0.25, 0.3) is 0 Å². The molecular formula is C29H47N3O8. The molecule has 1 aromatic carbocycles. The average molecular weight is 566 g/mol. The van der Waals surface area contributed by atoms with Crippen LogP contribution in [0.1, 0.15) is 90.7 Å². The lowest BCUT2D eigenvalue weighted by atomic mass is 9.92. The van der Waals surface area contributed by atoms with Crippen LogP contribution in [0.2, 0.25) is 0 Å². The predicted octanol–water partition coefficient (Wildman–Crippen LogP) is 5.26. The van der Waals surface area contributed by atoms with Crippen molar-refractivity contribution in [2.24, 2.45) is 0 Å². The fourth-order valence-corrected chi connectivity index (χ4v) is 3.78. The summed E-state index contributed by atoms with van der Waals surface area (Å²) in [6.45, 7) is 10.8. The molecule has 0 unspecified atom stereocenters. The summed E-state index contributed by atoms with van der Waals surface area (Å²) in [5.41, 5.74) is -0.157. The third-order valence-electron chi connectivity index (χ3n) is 6.19. The molecule has 0 radical (unpaired) electrons. The van der Waals surface area contributed by atoms with Crippen molar-refractivity contribution in [1.29, 1.82) is 0 Å². The first-order valence-electron chi connectivity index (χ1n) is 13.9. The third-order valence-corrected chi connectivity index (χ3v) is 6.19. The molecule has 226 valence electrons. The van der Waals surface area contributed by atoms with E-state index in [9.17, 15) is 19.2 Å². The molecule has 0 saturated carbocycles. The van der Waals surface area contributed by atoms with Gasteiger partial charge in [0.05, 0.1) is 13.7 Å². The number of nitrogens with one attached hydrogen (secondary N) is 3. The monoisotopic (exact) mass is 565 g/mol. The maximum Gasteiger partial charge on any atom is 0.408 e. The molecule has 3 N–H and O–H groups in total. The SMILES string of the molecule is CCOC(=O)NCCCCCNC(=O)OC(C)(C)c1ccc(C(C)(C)OC(=O)NCCCCCC(=O)OC)cc1. The molecule has 0 aromatic heterocycles. The molecule has 11 nitrogen and oxygen atoms in total. The number of ether oxygens (including phenoxy) is 4. The number of esters is 1. The van der Waals surface area contributed by atoms with Gasteiger partial charge in [0.1, 0.15) is 11.2 Å². The van der Waals surface area contributed by atoms with Gasteiger partial charge in [0.2, 0.25) is 0 Å². The number of amides is 3. The van der Waals surface area contributed by atoms with Gasteiger partial charge in [-0.3, -0.25) is 4.79 Å². The van der Waals surface area contributed by atoms with Crippen LogP contribution in [0.15, 0.2) is 24.3 Å². The van der Waals surface area contributed by atoms with Crippen LogP contribution in [0, 0.1) is 0 Å². The highest BCUT2D eigenvalue weighted by atomic mass is 16.6. The summed E-state index contributed by atoms with van der Waals surface area (Å²) in [5, 5.41) is 8.17. The molecule has 0 fully saturated rings. The van der Waals surface area contributed by atoms with Crippen molar-refractivity contribution in [2.45, 2.75) is 90.8 Å². The maximum atomic E-state index is 12.3. The topological polar surface area (TPSA) is 141 Å². The first kappa shape index (κ1) is 34.5. The Morgan fingerprint density at radius 3 is 1.45 bits per heavy atom. The number of alkyl carbamates (subject to hydrolysis) is 3. The Hall–Kier alpha value is -3.50. The minimum absolute atomic E-state index is 0.233. The van der Waals surface area contributed by atoms with Crippen LogP contribution in [0.4, 0.5) is 14.4 Å². The average Bonchev–Trinajstić information content (AvgIpc) is 2.89. The zero-order valence-electron chi connectivity index (χ0n) is 24.9. The Morgan fingerprint density at radius 1 is 0.650 bits per heavy atom. The van der Waals surface area contributed by atoms with Gasteiger partial charge >= 0.3 is 24.2 Å². The highest BCUT2D eigenvalue weighted by Crippen LogP contribution is 2.29. The van der Waals surface area contributed by atoms with E-state index >= 15 is 0 Å². The number of benzene rings is 1. The number of carbonyl (C=O) groups excluding carboxylic acids is 4. The molecular weight excluding hydrogens is 518 g/mol. The van der Waals surface area contributed by atoms with Crippen molar-refractivity contribution in [1.82, 2.24) is 16.0 Å². The van der Waals surface area contributed by atoms with E-state index in [0.29, 0.717) is 39.1 Å². The molecule has 0 heterocycles. The van der Waals surface area contributed by atoms with E-state index in [-0.39, 0.29) is 5.97 Å². The second kappa shape index (κ2) is 18.0. The van der Waals surface area contributed by atoms with E-state index < -0.39 is 29.5 Å². The second-order valence-electron chi connectivity index (χ2n) is 10.3. The summed E-state index contributed by atoms with van der Waals surface area (Å²) in [7, 11) is 1.37. The fraction of sp³-hybridized carbons (Fsp3) is 0.655. The van der Waals surface area contributed by atoms with E-state index in [1.165, 1.54) is 7.11 Å². The van der Waals surface area contributed by atoms with Crippen LogP contribution < -0.4 is 16.0 Å². The summed E-state index contributed by atoms with van der Waals surface area (Å²) in [4.78, 5) is 47.0. The van der Waals surface area contributed by atoms with Crippen LogP contribution in [-0.2, 0) is 34.9 Å². The Kier molecular flexibility index (Phi) is 15.5. The number of unbranched alkanes of at least 4 members (excludes halogenated alkanes) is 4. The lowest BCUT2D eigenvalue weighted by Crippen LogP contribution is -2.34. The van der Waals surface area contributed by atoms with Gasteiger partial charge in [-0.15, -0.1) is 0 Å². The van der Waals surface area contributed by atoms with Crippen LogP contribution in [0.5, 0.6) is 0 Å². The predicted molar refractivity (Wildman–Crippen MR) is 151 cm³/mol. The van der Waals surface area contributed by atoms with Gasteiger partial charge in [-0.1, -0.05) is 30.7 Å². The molecule has 3 amide bonds. The molecule has 1 rings (SSSR count). The van der Waals surface area contributed by atoms with Gasteiger partial charge in [0.15, 0.2) is 0 Å². The van der Waals surface area contributed by atoms with E-state index in [2.05, 4.69) is 20.7 Å². The highest BCUT2D eigenvalue weighted by Gasteiger charge is 2.29. The molecule has 0 aliphatic rings. The largest absolute Gasteiger partial charge is 0.469 e. The number of rotatable bonds is 17. The quantitative estimate of drug-likeness (QED) is 0.132. The van der Waals surface area contributed by atoms with Crippen LogP contribution in [0.25, 0.3) is 0 Å². The molecule has 0 bridgehead atoms. The van der Waals surface area contributed by atoms with Crippen LogP contribution >= 0.6 is 0 Å². The molecule has 0 aliphatic carbocycles. The number of hydrogen-bond donors (Lipinski definition) is 3. The van der Waals surface area contributed by atoms with E-state index in [1.807, 2.05) is 38.1 Å². The zero-order valence-corrected chi connectivity index (χ0v) is 24.9. The van der Waals surface area contributed by atoms with Gasteiger partial charge in [0, 0.05) is 26.1 Å². The molecule has 0 saturated heterocycles. The lowest BCUT2D eigenvalue weighted by Gasteiger charge is -2.28. The summed E-state index contributed by atoms with van der Waals surface area (Å²) in [6.07, 6.45) is 3.55. The highest BCUT2D eigenvalue weighted by molar-refractivity contribution is 5.69. The first-order valence-corrected chi connectivity index (χ1v) is 13.9. The number of methoxy groups -OCH3 is 1. The van der Waals surface area contributed by atoms with Crippen molar-refractivity contribution in [3.63, 3.8) is 0 Å². The molecule has 40 heavy (non-hydrogen) atoms. The molecule has 0 spiro atoms. The summed E-state index contributed by atoms with van der Waals surface area (Å²) >= 11 is 0. The summed E-state index contributed by atoms with van der Waals surface area (Å²) in [5.74, 6) is -0.233. The number of carbonyl (C=O) groups is 4. The van der Waals surface area contributed by atoms with Crippen molar-refractivity contribution in [2.75, 3.05) is 33.4 Å². The minimum Gasteiger partial charge on any atom is -0.469 e. The molecule has 1 aromatic rings. The third kappa shape index (κ3) is 14.0.